The van der Waals surface area contributed by atoms with Gasteiger partial charge >= 0.3 is 0 Å². The van der Waals surface area contributed by atoms with Gasteiger partial charge in [0.1, 0.15) is 18.5 Å². The maximum absolute atomic E-state index is 5.42. The molecule has 2 atom stereocenters. The van der Waals surface area contributed by atoms with E-state index in [1.165, 1.54) is 45.0 Å². The fourth-order valence-corrected chi connectivity index (χ4v) is 5.03. The van der Waals surface area contributed by atoms with Crippen LogP contribution in [0.5, 0.6) is 11.5 Å². The van der Waals surface area contributed by atoms with Crippen LogP contribution in [0.3, 0.4) is 0 Å². The maximum atomic E-state index is 5.42. The molecule has 0 amide bonds. The molecule has 6 rings (SSSR count). The lowest BCUT2D eigenvalue weighted by Crippen LogP contribution is -3.16. The molecule has 5 heterocycles. The minimum Gasteiger partial charge on any atom is -0.454 e. The summed E-state index contributed by atoms with van der Waals surface area (Å²) in [5, 5.41) is 9.15. The summed E-state index contributed by atoms with van der Waals surface area (Å²) in [5.74, 6) is 2.19. The summed E-state index contributed by atoms with van der Waals surface area (Å²) in [6.07, 6.45) is 1.83. The van der Waals surface area contributed by atoms with Crippen LogP contribution >= 0.6 is 0 Å². The molecule has 126 valence electrons. The zero-order chi connectivity index (χ0) is 16.1. The third kappa shape index (κ3) is 2.32. The van der Waals surface area contributed by atoms with Gasteiger partial charge in [-0.3, -0.25) is 0 Å². The van der Waals surface area contributed by atoms with E-state index in [4.69, 9.17) is 14.6 Å². The highest BCUT2D eigenvalue weighted by Crippen LogP contribution is 2.32. The summed E-state index contributed by atoms with van der Waals surface area (Å²) < 4.78 is 10.8. The van der Waals surface area contributed by atoms with E-state index in [0.717, 1.165) is 17.1 Å². The van der Waals surface area contributed by atoms with E-state index in [1.54, 1.807) is 9.80 Å². The standard InChI is InChI=1S/C18H22N4O2/c1-18-10-21-4-5-22(11-18)9-14(8-21)17(18)20-19-7-13-2-3-15-16(6-13)24-12-23-15/h2-3,6-7,14H,4-5,8-12H2,1H3/p+2/b19-7-,20-17-. The van der Waals surface area contributed by atoms with Gasteiger partial charge in [0.15, 0.2) is 11.5 Å². The first-order valence-electron chi connectivity index (χ1n) is 8.88. The Kier molecular flexibility index (Phi) is 3.18. The van der Waals surface area contributed by atoms with E-state index in [9.17, 15) is 0 Å². The molecular formula is C18H24N4O2+2. The highest BCUT2D eigenvalue weighted by molar-refractivity contribution is 5.94. The van der Waals surface area contributed by atoms with Crippen molar-refractivity contribution in [1.82, 2.24) is 0 Å². The Morgan fingerprint density at radius 3 is 2.62 bits per heavy atom. The Hall–Kier alpha value is -1.92. The molecule has 6 nitrogen and oxygen atoms in total. The molecule has 5 aliphatic rings. The number of nitrogens with zero attached hydrogens (tertiary/aromatic N) is 2. The molecule has 0 aliphatic carbocycles. The molecule has 1 aromatic carbocycles. The van der Waals surface area contributed by atoms with E-state index in [2.05, 4.69) is 12.0 Å². The maximum Gasteiger partial charge on any atom is 0.231 e. The average Bonchev–Trinajstić information content (AvgIpc) is 2.89. The number of benzene rings is 1. The summed E-state index contributed by atoms with van der Waals surface area (Å²) in [5.41, 5.74) is 2.54. The van der Waals surface area contributed by atoms with E-state index < -0.39 is 0 Å². The second-order valence-corrected chi connectivity index (χ2v) is 7.86. The second kappa shape index (κ2) is 5.29. The zero-order valence-corrected chi connectivity index (χ0v) is 14.0. The van der Waals surface area contributed by atoms with E-state index in [1.807, 2.05) is 24.4 Å². The van der Waals surface area contributed by atoms with Gasteiger partial charge in [0.25, 0.3) is 0 Å². The number of hydrogen-bond donors (Lipinski definition) is 2. The predicted molar refractivity (Wildman–Crippen MR) is 90.3 cm³/mol. The molecule has 2 N–H and O–H groups in total. The molecule has 0 radical (unpaired) electrons. The van der Waals surface area contributed by atoms with E-state index >= 15 is 0 Å². The first-order valence-corrected chi connectivity index (χ1v) is 8.88. The third-order valence-electron chi connectivity index (χ3n) is 5.96. The number of fused-ring (bicyclic) bond motifs is 2. The van der Waals surface area contributed by atoms with Crippen LogP contribution in [0.25, 0.3) is 0 Å². The number of piperidine rings is 2. The Labute approximate surface area is 141 Å². The normalized spacial score (nSPS) is 38.2. The minimum atomic E-state index is 0.217. The highest BCUT2D eigenvalue weighted by atomic mass is 16.7. The quantitative estimate of drug-likeness (QED) is 0.520. The summed E-state index contributed by atoms with van der Waals surface area (Å²) in [6.45, 7) is 10.2. The fraction of sp³-hybridized carbons (Fsp3) is 0.556. The van der Waals surface area contributed by atoms with Gasteiger partial charge in [-0.15, -0.1) is 0 Å². The van der Waals surface area contributed by atoms with Crippen molar-refractivity contribution in [3.05, 3.63) is 23.8 Å². The van der Waals surface area contributed by atoms with E-state index in [-0.39, 0.29) is 5.41 Å². The zero-order valence-electron chi connectivity index (χ0n) is 14.0. The van der Waals surface area contributed by atoms with Gasteiger partial charge in [0, 0.05) is 0 Å². The molecule has 4 bridgehead atoms. The smallest absolute Gasteiger partial charge is 0.231 e. The minimum absolute atomic E-state index is 0.217. The molecule has 0 aromatic heterocycles. The monoisotopic (exact) mass is 328 g/mol. The average molecular weight is 328 g/mol. The van der Waals surface area contributed by atoms with Crippen LogP contribution in [0.15, 0.2) is 28.4 Å². The number of hydrogen-bond acceptors (Lipinski definition) is 4. The Morgan fingerprint density at radius 1 is 1.12 bits per heavy atom. The van der Waals surface area contributed by atoms with Crippen molar-refractivity contribution in [2.24, 2.45) is 21.5 Å². The number of rotatable bonds is 2. The summed E-state index contributed by atoms with van der Waals surface area (Å²) in [7, 11) is 0. The number of nitrogens with one attached hydrogen (secondary N) is 2. The van der Waals surface area contributed by atoms with Crippen LogP contribution in [-0.2, 0) is 0 Å². The molecule has 1 aromatic rings. The topological polar surface area (TPSA) is 52.1 Å². The van der Waals surface area contributed by atoms with Crippen LogP contribution in [-0.4, -0.2) is 58.0 Å². The first kappa shape index (κ1) is 14.4. The van der Waals surface area contributed by atoms with Crippen molar-refractivity contribution < 1.29 is 19.3 Å². The van der Waals surface area contributed by atoms with Gasteiger partial charge < -0.3 is 19.3 Å². The second-order valence-electron chi connectivity index (χ2n) is 7.86. The highest BCUT2D eigenvalue weighted by Gasteiger charge is 2.54. The van der Waals surface area contributed by atoms with Crippen LogP contribution in [0, 0.1) is 11.3 Å². The molecule has 24 heavy (non-hydrogen) atoms. The Balaban J connectivity index is 1.40. The van der Waals surface area contributed by atoms with Crippen molar-refractivity contribution in [1.29, 1.82) is 0 Å². The summed E-state index contributed by atoms with van der Waals surface area (Å²) in [4.78, 5) is 3.52. The van der Waals surface area contributed by atoms with Crippen molar-refractivity contribution in [3.8, 4) is 11.5 Å². The third-order valence-corrected chi connectivity index (χ3v) is 5.96. The van der Waals surface area contributed by atoms with Crippen molar-refractivity contribution in [2.45, 2.75) is 6.92 Å². The van der Waals surface area contributed by atoms with Crippen LogP contribution in [0.2, 0.25) is 0 Å². The van der Waals surface area contributed by atoms with E-state index in [0.29, 0.717) is 12.7 Å². The summed E-state index contributed by atoms with van der Waals surface area (Å²) in [6, 6.07) is 5.88. The molecule has 0 saturated carbocycles. The number of ether oxygens (including phenoxy) is 2. The van der Waals surface area contributed by atoms with Crippen LogP contribution < -0.4 is 19.3 Å². The van der Waals surface area contributed by atoms with Crippen molar-refractivity contribution in [2.75, 3.05) is 46.1 Å². The lowest BCUT2D eigenvalue weighted by Gasteiger charge is -2.43. The number of quaternary nitrogens is 2. The van der Waals surface area contributed by atoms with Gasteiger partial charge in [0.2, 0.25) is 6.79 Å². The Bertz CT molecular complexity index is 714. The molecule has 4 fully saturated rings. The first-order chi connectivity index (χ1) is 11.7. The van der Waals surface area contributed by atoms with Crippen LogP contribution in [0.1, 0.15) is 12.5 Å². The molecule has 6 heteroatoms. The van der Waals surface area contributed by atoms with Gasteiger partial charge in [-0.2, -0.15) is 10.2 Å². The molecule has 0 spiro atoms. The fourth-order valence-electron chi connectivity index (χ4n) is 5.03. The summed E-state index contributed by atoms with van der Waals surface area (Å²) >= 11 is 0. The van der Waals surface area contributed by atoms with Crippen molar-refractivity contribution in [3.63, 3.8) is 0 Å². The van der Waals surface area contributed by atoms with Gasteiger partial charge in [0.05, 0.1) is 44.0 Å². The Morgan fingerprint density at radius 2 is 1.88 bits per heavy atom. The van der Waals surface area contributed by atoms with Gasteiger partial charge in [-0.1, -0.05) is 0 Å². The van der Waals surface area contributed by atoms with Crippen LogP contribution in [0.4, 0.5) is 0 Å². The lowest BCUT2D eigenvalue weighted by atomic mass is 9.72. The molecular weight excluding hydrogens is 304 g/mol. The SMILES string of the molecule is CC12C[NH+]3CC[NH+](CC(C3)/C1=N/N=C\c1ccc3c(c1)OCO3)C2. The molecule has 2 unspecified atom stereocenters. The van der Waals surface area contributed by atoms with Crippen molar-refractivity contribution >= 4 is 11.9 Å². The lowest BCUT2D eigenvalue weighted by molar-refractivity contribution is -0.918. The molecule has 4 saturated heterocycles. The van der Waals surface area contributed by atoms with Gasteiger partial charge in [-0.25, -0.2) is 0 Å². The van der Waals surface area contributed by atoms with Gasteiger partial charge in [-0.05, 0) is 30.7 Å². The predicted octanol–water partition coefficient (Wildman–Crippen LogP) is -1.38. The largest absolute Gasteiger partial charge is 0.454 e. The molecule has 5 aliphatic heterocycles.